The molecule has 0 saturated carbocycles. The molecule has 0 saturated heterocycles. The molecule has 0 bridgehead atoms. The van der Waals surface area contributed by atoms with Gasteiger partial charge in [0.25, 0.3) is 0 Å². The highest BCUT2D eigenvalue weighted by Crippen LogP contribution is 2.27. The van der Waals surface area contributed by atoms with E-state index in [0.29, 0.717) is 6.04 Å². The molecule has 1 unspecified atom stereocenters. The van der Waals surface area contributed by atoms with Crippen molar-refractivity contribution in [1.29, 1.82) is 0 Å². The van der Waals surface area contributed by atoms with Gasteiger partial charge < -0.3 is 5.32 Å². The van der Waals surface area contributed by atoms with Crippen LogP contribution in [-0.4, -0.2) is 12.6 Å². The molecule has 1 aromatic rings. The van der Waals surface area contributed by atoms with E-state index in [1.807, 2.05) is 0 Å². The third-order valence-electron chi connectivity index (χ3n) is 4.06. The molecule has 0 aliphatic rings. The van der Waals surface area contributed by atoms with Crippen molar-refractivity contribution in [2.75, 3.05) is 6.54 Å². The molecule has 1 nitrogen and oxygen atoms in total. The summed E-state index contributed by atoms with van der Waals surface area (Å²) in [6.45, 7) is 14.5. The van der Waals surface area contributed by atoms with E-state index in [2.05, 4.69) is 64.9 Å². The summed E-state index contributed by atoms with van der Waals surface area (Å²) in [6, 6.07) is 5.07. The van der Waals surface area contributed by atoms with Gasteiger partial charge in [0, 0.05) is 12.5 Å². The maximum atomic E-state index is 5.52. The van der Waals surface area contributed by atoms with E-state index in [1.54, 1.807) is 0 Å². The average molecular weight is 285 g/mol. The number of terminal acetylenes is 1. The van der Waals surface area contributed by atoms with Crippen molar-refractivity contribution in [3.8, 4) is 12.3 Å². The average Bonchev–Trinajstić information content (AvgIpc) is 2.38. The molecule has 0 amide bonds. The summed E-state index contributed by atoms with van der Waals surface area (Å²) in [5.74, 6) is 2.81. The minimum Gasteiger partial charge on any atom is -0.313 e. The van der Waals surface area contributed by atoms with Crippen molar-refractivity contribution >= 4 is 0 Å². The first kappa shape index (κ1) is 17.8. The summed E-state index contributed by atoms with van der Waals surface area (Å²) in [4.78, 5) is 0. The molecule has 0 radical (unpaired) electrons. The molecule has 0 aliphatic carbocycles. The molecule has 1 N–H and O–H groups in total. The second-order valence-corrected chi connectivity index (χ2v) is 7.10. The van der Waals surface area contributed by atoms with E-state index in [-0.39, 0.29) is 5.41 Å². The Morgan fingerprint density at radius 1 is 1.19 bits per heavy atom. The van der Waals surface area contributed by atoms with Crippen LogP contribution in [-0.2, 0) is 11.8 Å². The second kappa shape index (κ2) is 7.66. The zero-order valence-electron chi connectivity index (χ0n) is 14.6. The van der Waals surface area contributed by atoms with Crippen LogP contribution in [0.15, 0.2) is 12.1 Å². The number of hydrogen-bond acceptors (Lipinski definition) is 1. The lowest BCUT2D eigenvalue weighted by molar-refractivity contribution is 0.515. The van der Waals surface area contributed by atoms with Crippen molar-refractivity contribution in [1.82, 2.24) is 5.32 Å². The summed E-state index contributed by atoms with van der Waals surface area (Å²) in [6.07, 6.45) is 8.47. The van der Waals surface area contributed by atoms with Crippen LogP contribution in [0.25, 0.3) is 0 Å². The molecule has 21 heavy (non-hydrogen) atoms. The summed E-state index contributed by atoms with van der Waals surface area (Å²) >= 11 is 0. The molecule has 116 valence electrons. The lowest BCUT2D eigenvalue weighted by Crippen LogP contribution is -2.32. The van der Waals surface area contributed by atoms with Gasteiger partial charge in [-0.25, -0.2) is 0 Å². The highest BCUT2D eigenvalue weighted by atomic mass is 14.9. The van der Waals surface area contributed by atoms with Crippen LogP contribution >= 0.6 is 0 Å². The summed E-state index contributed by atoms with van der Waals surface area (Å²) in [5, 5.41) is 3.58. The van der Waals surface area contributed by atoms with Crippen LogP contribution < -0.4 is 5.32 Å². The Hall–Kier alpha value is -1.26. The normalized spacial score (nSPS) is 13.0. The molecule has 0 aromatic heterocycles. The summed E-state index contributed by atoms with van der Waals surface area (Å²) in [5.41, 5.74) is 5.84. The van der Waals surface area contributed by atoms with Gasteiger partial charge in [0.05, 0.1) is 0 Å². The molecule has 1 heteroatoms. The van der Waals surface area contributed by atoms with Crippen molar-refractivity contribution < 1.29 is 0 Å². The molecular weight excluding hydrogens is 254 g/mol. The van der Waals surface area contributed by atoms with Gasteiger partial charge in [0.2, 0.25) is 0 Å². The number of benzene rings is 1. The zero-order valence-corrected chi connectivity index (χ0v) is 14.6. The van der Waals surface area contributed by atoms with Crippen LogP contribution in [0, 0.1) is 26.2 Å². The molecule has 0 aliphatic heterocycles. The Labute approximate surface area is 131 Å². The van der Waals surface area contributed by atoms with E-state index in [9.17, 15) is 0 Å². The molecule has 0 spiro atoms. The van der Waals surface area contributed by atoms with Crippen molar-refractivity contribution in [3.05, 3.63) is 34.4 Å². The van der Waals surface area contributed by atoms with Gasteiger partial charge >= 0.3 is 0 Å². The molecule has 1 atom stereocenters. The Bertz CT molecular complexity index is 477. The first-order valence-corrected chi connectivity index (χ1v) is 8.07. The van der Waals surface area contributed by atoms with E-state index in [0.717, 1.165) is 25.8 Å². The lowest BCUT2D eigenvalue weighted by atomic mass is 9.83. The Morgan fingerprint density at radius 2 is 1.76 bits per heavy atom. The zero-order chi connectivity index (χ0) is 16.0. The minimum atomic E-state index is 0.201. The van der Waals surface area contributed by atoms with Crippen LogP contribution in [0.3, 0.4) is 0 Å². The fourth-order valence-electron chi connectivity index (χ4n) is 2.70. The van der Waals surface area contributed by atoms with Gasteiger partial charge in [0.1, 0.15) is 0 Å². The largest absolute Gasteiger partial charge is 0.313 e. The maximum absolute atomic E-state index is 5.52. The smallest absolute Gasteiger partial charge is 0.0243 e. The predicted molar refractivity (Wildman–Crippen MR) is 93.9 cm³/mol. The lowest BCUT2D eigenvalue weighted by Gasteiger charge is -2.24. The van der Waals surface area contributed by atoms with E-state index in [1.165, 1.54) is 22.3 Å². The number of aryl methyl sites for hydroxylation is 2. The highest BCUT2D eigenvalue weighted by Gasteiger charge is 2.17. The van der Waals surface area contributed by atoms with Gasteiger partial charge in [-0.05, 0) is 60.9 Å². The fourth-order valence-corrected chi connectivity index (χ4v) is 2.70. The first-order valence-electron chi connectivity index (χ1n) is 8.07. The summed E-state index contributed by atoms with van der Waals surface area (Å²) < 4.78 is 0. The Kier molecular flexibility index (Phi) is 6.49. The van der Waals surface area contributed by atoms with Crippen LogP contribution in [0.5, 0.6) is 0 Å². The van der Waals surface area contributed by atoms with E-state index < -0.39 is 0 Å². The standard InChI is InChI=1S/C20H31N/c1-8-10-18(21-11-9-2)14-19-15(3)12-17(13-16(19)4)20(5,6)7/h1,12-13,18,21H,9-11,14H2,2-7H3. The molecule has 0 fully saturated rings. The van der Waals surface area contributed by atoms with Crippen molar-refractivity contribution in [2.24, 2.45) is 0 Å². The Morgan fingerprint density at radius 3 is 2.19 bits per heavy atom. The molecule has 1 aromatic carbocycles. The maximum Gasteiger partial charge on any atom is 0.0243 e. The topological polar surface area (TPSA) is 12.0 Å². The number of rotatable bonds is 6. The highest BCUT2D eigenvalue weighted by molar-refractivity contribution is 5.41. The van der Waals surface area contributed by atoms with Crippen molar-refractivity contribution in [3.63, 3.8) is 0 Å². The van der Waals surface area contributed by atoms with Crippen LogP contribution in [0.4, 0.5) is 0 Å². The van der Waals surface area contributed by atoms with Gasteiger partial charge in [-0.1, -0.05) is 39.8 Å². The molecule has 1 rings (SSSR count). The molecular formula is C20H31N. The van der Waals surface area contributed by atoms with E-state index >= 15 is 0 Å². The fraction of sp³-hybridized carbons (Fsp3) is 0.600. The first-order chi connectivity index (χ1) is 9.79. The molecule has 0 heterocycles. The predicted octanol–water partition coefficient (Wildman–Crippen LogP) is 4.53. The van der Waals surface area contributed by atoms with Crippen LogP contribution in [0.2, 0.25) is 0 Å². The minimum absolute atomic E-state index is 0.201. The van der Waals surface area contributed by atoms with Gasteiger partial charge in [-0.3, -0.25) is 0 Å². The van der Waals surface area contributed by atoms with Gasteiger partial charge in [-0.15, -0.1) is 12.3 Å². The SMILES string of the molecule is C#CCC(Cc1c(C)cc(C(C)(C)C)cc1C)NCCC. The third kappa shape index (κ3) is 5.21. The van der Waals surface area contributed by atoms with E-state index in [4.69, 9.17) is 6.42 Å². The monoisotopic (exact) mass is 285 g/mol. The Balaban J connectivity index is 3.00. The number of nitrogens with one attached hydrogen (secondary N) is 1. The summed E-state index contributed by atoms with van der Waals surface area (Å²) in [7, 11) is 0. The van der Waals surface area contributed by atoms with Crippen LogP contribution in [0.1, 0.15) is 62.8 Å². The third-order valence-corrected chi connectivity index (χ3v) is 4.06. The second-order valence-electron chi connectivity index (χ2n) is 7.10. The van der Waals surface area contributed by atoms with Gasteiger partial charge in [-0.2, -0.15) is 0 Å². The van der Waals surface area contributed by atoms with Crippen molar-refractivity contribution in [2.45, 2.75) is 72.3 Å². The number of hydrogen-bond donors (Lipinski definition) is 1. The van der Waals surface area contributed by atoms with Gasteiger partial charge in [0.15, 0.2) is 0 Å². The quantitative estimate of drug-likeness (QED) is 0.757.